The summed E-state index contributed by atoms with van der Waals surface area (Å²) in [6.07, 6.45) is 0. The molecule has 0 aliphatic heterocycles. The molecule has 1 aromatic heterocycles. The Morgan fingerprint density at radius 3 is 2.47 bits per heavy atom. The summed E-state index contributed by atoms with van der Waals surface area (Å²) in [5, 5.41) is 10.5. The van der Waals surface area contributed by atoms with Gasteiger partial charge in [0.25, 0.3) is 0 Å². The summed E-state index contributed by atoms with van der Waals surface area (Å²) in [5.41, 5.74) is 0.367. The molecule has 12 heteroatoms. The van der Waals surface area contributed by atoms with Crippen LogP contribution < -0.4 is 14.8 Å². The maximum absolute atomic E-state index is 13.4. The van der Waals surface area contributed by atoms with Crippen LogP contribution in [0.3, 0.4) is 0 Å². The van der Waals surface area contributed by atoms with Gasteiger partial charge in [-0.3, -0.25) is 4.79 Å². The fraction of sp³-hybridized carbons (Fsp3) is 0.150. The van der Waals surface area contributed by atoms with Crippen LogP contribution in [0.5, 0.6) is 11.5 Å². The third-order valence-electron chi connectivity index (χ3n) is 4.10. The number of anilines is 1. The lowest BCUT2D eigenvalue weighted by Crippen LogP contribution is -2.15. The molecule has 1 heterocycles. The van der Waals surface area contributed by atoms with Crippen molar-refractivity contribution in [2.75, 3.05) is 25.3 Å². The molecule has 168 valence electrons. The number of carbonyl (C=O) groups is 1. The van der Waals surface area contributed by atoms with Crippen LogP contribution in [0.15, 0.2) is 63.5 Å². The molecule has 8 nitrogen and oxygen atoms in total. The molecule has 0 aliphatic carbocycles. The largest absolute Gasteiger partial charge is 0.495 e. The number of thioether (sulfide) groups is 1. The monoisotopic (exact) mass is 497 g/mol. The van der Waals surface area contributed by atoms with Gasteiger partial charge in [0.2, 0.25) is 15.7 Å². The summed E-state index contributed by atoms with van der Waals surface area (Å²) >= 11 is 7.15. The van der Waals surface area contributed by atoms with Crippen LogP contribution in [0.25, 0.3) is 0 Å². The Morgan fingerprint density at radius 2 is 1.84 bits per heavy atom. The van der Waals surface area contributed by atoms with E-state index in [1.54, 1.807) is 6.07 Å². The third-order valence-corrected chi connectivity index (χ3v) is 6.95. The predicted molar refractivity (Wildman–Crippen MR) is 118 cm³/mol. The van der Waals surface area contributed by atoms with Crippen LogP contribution in [-0.4, -0.2) is 44.5 Å². The number of ether oxygens (including phenoxy) is 2. The summed E-state index contributed by atoms with van der Waals surface area (Å²) in [5.74, 6) is -0.298. The van der Waals surface area contributed by atoms with Gasteiger partial charge in [-0.2, -0.15) is 0 Å². The van der Waals surface area contributed by atoms with Gasteiger partial charge in [0.1, 0.15) is 22.3 Å². The van der Waals surface area contributed by atoms with Crippen molar-refractivity contribution in [2.24, 2.45) is 0 Å². The van der Waals surface area contributed by atoms with Crippen molar-refractivity contribution < 1.29 is 27.1 Å². The molecular formula is C20H17ClFN3O5S2. The smallest absolute Gasteiger partial charge is 0.234 e. The zero-order chi connectivity index (χ0) is 23.3. The number of rotatable bonds is 8. The Bertz CT molecular complexity index is 1240. The fourth-order valence-corrected chi connectivity index (χ4v) is 4.58. The van der Waals surface area contributed by atoms with Crippen molar-refractivity contribution >= 4 is 44.8 Å². The number of methoxy groups -OCH3 is 2. The SMILES string of the molecule is COc1cc(OC)c(NC(=O)CSc2ccc(S(=O)(=O)c3cccc(F)c3)nn2)cc1Cl. The maximum atomic E-state index is 13.4. The van der Waals surface area contributed by atoms with Crippen LogP contribution in [0.2, 0.25) is 5.02 Å². The summed E-state index contributed by atoms with van der Waals surface area (Å²) in [6.45, 7) is 0. The van der Waals surface area contributed by atoms with Gasteiger partial charge in [-0.15, -0.1) is 10.2 Å². The van der Waals surface area contributed by atoms with Gasteiger partial charge < -0.3 is 14.8 Å². The molecule has 0 fully saturated rings. The molecule has 0 unspecified atom stereocenters. The molecule has 0 saturated carbocycles. The summed E-state index contributed by atoms with van der Waals surface area (Å²) < 4.78 is 48.8. The highest BCUT2D eigenvalue weighted by atomic mass is 35.5. The van der Waals surface area contributed by atoms with Crippen molar-refractivity contribution in [2.45, 2.75) is 14.9 Å². The summed E-state index contributed by atoms with van der Waals surface area (Å²) in [7, 11) is -1.10. The van der Waals surface area contributed by atoms with Gasteiger partial charge in [-0.1, -0.05) is 29.4 Å². The normalized spacial score (nSPS) is 11.1. The quantitative estimate of drug-likeness (QED) is 0.467. The minimum absolute atomic E-state index is 0.0303. The fourth-order valence-electron chi connectivity index (χ4n) is 2.57. The molecule has 3 aromatic rings. The van der Waals surface area contributed by atoms with Crippen molar-refractivity contribution in [3.8, 4) is 11.5 Å². The van der Waals surface area contributed by atoms with Crippen molar-refractivity contribution in [1.29, 1.82) is 0 Å². The molecular weight excluding hydrogens is 481 g/mol. The van der Waals surface area contributed by atoms with E-state index >= 15 is 0 Å². The Kier molecular flexibility index (Phi) is 7.54. The zero-order valence-corrected chi connectivity index (χ0v) is 19.2. The number of carbonyl (C=O) groups excluding carboxylic acids is 1. The van der Waals surface area contributed by atoms with Crippen molar-refractivity contribution in [3.05, 3.63) is 59.4 Å². The van der Waals surface area contributed by atoms with E-state index in [9.17, 15) is 17.6 Å². The number of halogens is 2. The highest BCUT2D eigenvalue weighted by Gasteiger charge is 2.20. The molecule has 2 aromatic carbocycles. The van der Waals surface area contributed by atoms with E-state index in [0.717, 1.165) is 23.9 Å². The van der Waals surface area contributed by atoms with Gasteiger partial charge >= 0.3 is 0 Å². The average molecular weight is 498 g/mol. The lowest BCUT2D eigenvalue weighted by Gasteiger charge is -2.13. The Labute approximate surface area is 193 Å². The first-order valence-electron chi connectivity index (χ1n) is 8.93. The minimum Gasteiger partial charge on any atom is -0.495 e. The number of nitrogens with one attached hydrogen (secondary N) is 1. The standard InChI is InChI=1S/C20H17ClFN3O5S2/c1-29-16-10-17(30-2)15(9-14(16)21)23-18(26)11-31-19-6-7-20(25-24-19)32(27,28)13-5-3-4-12(22)8-13/h3-10H,11H2,1-2H3,(H,23,26). The highest BCUT2D eigenvalue weighted by molar-refractivity contribution is 7.99. The molecule has 1 amide bonds. The molecule has 0 aliphatic rings. The van der Waals surface area contributed by atoms with Gasteiger partial charge in [-0.25, -0.2) is 12.8 Å². The number of amides is 1. The first-order valence-corrected chi connectivity index (χ1v) is 11.8. The van der Waals surface area contributed by atoms with E-state index in [1.165, 1.54) is 44.6 Å². The Morgan fingerprint density at radius 1 is 1.09 bits per heavy atom. The number of aromatic nitrogens is 2. The minimum atomic E-state index is -4.01. The van der Waals surface area contributed by atoms with Crippen molar-refractivity contribution in [1.82, 2.24) is 10.2 Å². The number of hydrogen-bond donors (Lipinski definition) is 1. The second kappa shape index (κ2) is 10.2. The van der Waals surface area contributed by atoms with Gasteiger partial charge in [0, 0.05) is 6.07 Å². The number of sulfone groups is 1. The van der Waals surface area contributed by atoms with Crippen LogP contribution in [0, 0.1) is 5.82 Å². The average Bonchev–Trinajstić information content (AvgIpc) is 2.78. The van der Waals surface area contributed by atoms with E-state index in [2.05, 4.69) is 15.5 Å². The highest BCUT2D eigenvalue weighted by Crippen LogP contribution is 2.36. The lowest BCUT2D eigenvalue weighted by atomic mass is 10.2. The van der Waals surface area contributed by atoms with Crippen LogP contribution in [0.4, 0.5) is 10.1 Å². The maximum Gasteiger partial charge on any atom is 0.234 e. The van der Waals surface area contributed by atoms with E-state index in [0.29, 0.717) is 27.2 Å². The Balaban J connectivity index is 1.66. The van der Waals surface area contributed by atoms with Gasteiger partial charge in [-0.05, 0) is 36.4 Å². The number of benzene rings is 2. The topological polar surface area (TPSA) is 107 Å². The molecule has 0 spiro atoms. The van der Waals surface area contributed by atoms with E-state index in [4.69, 9.17) is 21.1 Å². The van der Waals surface area contributed by atoms with Crippen LogP contribution in [-0.2, 0) is 14.6 Å². The van der Waals surface area contributed by atoms with E-state index < -0.39 is 15.7 Å². The molecule has 0 bridgehead atoms. The van der Waals surface area contributed by atoms with Gasteiger partial charge in [0.05, 0.1) is 35.6 Å². The van der Waals surface area contributed by atoms with Crippen molar-refractivity contribution in [3.63, 3.8) is 0 Å². The lowest BCUT2D eigenvalue weighted by molar-refractivity contribution is -0.113. The number of nitrogens with zero attached hydrogens (tertiary/aromatic N) is 2. The number of hydrogen-bond acceptors (Lipinski definition) is 8. The van der Waals surface area contributed by atoms with E-state index in [-0.39, 0.29) is 21.6 Å². The Hall–Kier alpha value is -2.89. The van der Waals surface area contributed by atoms with E-state index in [1.807, 2.05) is 0 Å². The second-order valence-corrected chi connectivity index (χ2v) is 9.49. The first-order chi connectivity index (χ1) is 15.2. The van der Waals surface area contributed by atoms with Crippen LogP contribution >= 0.6 is 23.4 Å². The molecule has 1 N–H and O–H groups in total. The second-order valence-electron chi connectivity index (χ2n) is 6.19. The third kappa shape index (κ3) is 5.47. The first kappa shape index (κ1) is 23.8. The van der Waals surface area contributed by atoms with Crippen LogP contribution in [0.1, 0.15) is 0 Å². The molecule has 3 rings (SSSR count). The predicted octanol–water partition coefficient (Wildman–Crippen LogP) is 3.85. The summed E-state index contributed by atoms with van der Waals surface area (Å²) in [6, 6.07) is 10.3. The molecule has 0 radical (unpaired) electrons. The van der Waals surface area contributed by atoms with Gasteiger partial charge in [0.15, 0.2) is 5.03 Å². The molecule has 0 saturated heterocycles. The molecule has 0 atom stereocenters. The summed E-state index contributed by atoms with van der Waals surface area (Å²) in [4.78, 5) is 12.1. The zero-order valence-electron chi connectivity index (χ0n) is 16.8. The molecule has 32 heavy (non-hydrogen) atoms.